The van der Waals surface area contributed by atoms with E-state index in [1.54, 1.807) is 10.8 Å². The van der Waals surface area contributed by atoms with Gasteiger partial charge >= 0.3 is 32.9 Å². The molecule has 94 heavy (non-hydrogen) atoms. The molecule has 4 aromatic carbocycles. The number of benzene rings is 4. The van der Waals surface area contributed by atoms with Crippen molar-refractivity contribution in [3.63, 3.8) is 0 Å². The zero-order chi connectivity index (χ0) is 67.8. The molecule has 0 amide bonds. The molecule has 0 radical (unpaired) electrons. The van der Waals surface area contributed by atoms with Gasteiger partial charge in [-0.1, -0.05) is 97.1 Å². The number of rotatable bonds is 18. The van der Waals surface area contributed by atoms with Gasteiger partial charge in [-0.3, -0.25) is 9.13 Å². The number of hydrogen-bond donors (Lipinski definition) is 10. The number of thiazole rings is 2. The molecular weight excluding hydrogens is 1350 g/mol. The number of aryl methyl sites for hydroxylation is 2. The molecule has 10 atom stereocenters. The van der Waals surface area contributed by atoms with E-state index in [1.807, 2.05) is 111 Å². The smallest absolute Gasteiger partial charge is 0.342 e. The quantitative estimate of drug-likeness (QED) is 0.0443. The Labute approximate surface area is 553 Å². The van der Waals surface area contributed by atoms with Gasteiger partial charge < -0.3 is 61.1 Å². The van der Waals surface area contributed by atoms with Gasteiger partial charge in [-0.2, -0.15) is 46.3 Å². The van der Waals surface area contributed by atoms with Crippen molar-refractivity contribution in [3.8, 4) is 22.3 Å². The molecule has 0 saturated carbocycles. The number of ether oxygens (including phenoxy) is 4. The molecule has 0 unspecified atom stereocenters. The van der Waals surface area contributed by atoms with E-state index in [0.717, 1.165) is 33.4 Å². The van der Waals surface area contributed by atoms with Gasteiger partial charge in [0.15, 0.2) is 35.4 Å². The first-order valence-electron chi connectivity index (χ1n) is 27.6. The van der Waals surface area contributed by atoms with E-state index in [2.05, 4.69) is 39.9 Å². The van der Waals surface area contributed by atoms with Crippen LogP contribution in [0.2, 0.25) is 10.6 Å². The van der Waals surface area contributed by atoms with Crippen LogP contribution in [0.3, 0.4) is 0 Å². The molecular formula is C58H56Cl2N14O16S4. The van der Waals surface area contributed by atoms with Crippen molar-refractivity contribution in [1.29, 1.82) is 9.56 Å². The van der Waals surface area contributed by atoms with E-state index >= 15 is 0 Å². The monoisotopic (exact) mass is 1400 g/mol. The fraction of sp³-hybridized carbons (Fsp3) is 0.276. The van der Waals surface area contributed by atoms with Crippen LogP contribution in [0.15, 0.2) is 131 Å². The predicted octanol–water partition coefficient (Wildman–Crippen LogP) is 5.96. The van der Waals surface area contributed by atoms with E-state index in [4.69, 9.17) is 80.0 Å². The van der Waals surface area contributed by atoms with Gasteiger partial charge in [0, 0.05) is 23.6 Å². The zero-order valence-electron chi connectivity index (χ0n) is 48.9. The number of hydrogen-bond acceptors (Lipinski definition) is 28. The summed E-state index contributed by atoms with van der Waals surface area (Å²) in [7, 11) is -5.22. The lowest BCUT2D eigenvalue weighted by Crippen LogP contribution is -2.44. The normalized spacial score (nSPS) is 20.3. The number of aliphatic carboxylic acids is 2. The van der Waals surface area contributed by atoms with Crippen LogP contribution in [0, 0.1) is 23.4 Å². The highest BCUT2D eigenvalue weighted by Crippen LogP contribution is 2.39. The molecule has 0 bridgehead atoms. The third-order valence-electron chi connectivity index (χ3n) is 15.2. The van der Waals surface area contributed by atoms with Gasteiger partial charge in [0.1, 0.15) is 47.7 Å². The number of nitrogens with zero attached hydrogens (tertiary/aromatic N) is 10. The Balaban J connectivity index is 0.000000199. The Morgan fingerprint density at radius 3 is 1.24 bits per heavy atom. The number of aromatic nitrogens is 10. The summed E-state index contributed by atoms with van der Waals surface area (Å²) >= 11 is 14.4. The summed E-state index contributed by atoms with van der Waals surface area (Å²) < 4.78 is 72.6. The molecule has 30 nitrogen and oxygen atoms in total. The molecule has 12 rings (SSSR count). The first kappa shape index (κ1) is 69.6. The number of halogens is 2. The van der Waals surface area contributed by atoms with Crippen LogP contribution in [0.5, 0.6) is 0 Å². The van der Waals surface area contributed by atoms with Crippen molar-refractivity contribution in [3.05, 3.63) is 176 Å². The Hall–Kier alpha value is -8.72. The lowest BCUT2D eigenvalue weighted by molar-refractivity contribution is -0.177. The molecule has 0 aliphatic carbocycles. The summed E-state index contributed by atoms with van der Waals surface area (Å²) in [5, 5.41) is 67.6. The van der Waals surface area contributed by atoms with Gasteiger partial charge in [-0.25, -0.2) is 29.5 Å². The van der Waals surface area contributed by atoms with E-state index in [0.29, 0.717) is 11.1 Å². The molecule has 492 valence electrons. The van der Waals surface area contributed by atoms with Crippen molar-refractivity contribution in [2.24, 2.45) is 0 Å². The average Bonchev–Trinajstić information content (AvgIpc) is 1.64. The van der Waals surface area contributed by atoms with Crippen LogP contribution in [0.25, 0.3) is 44.6 Å². The molecule has 36 heteroatoms. The number of imidazole rings is 2. The van der Waals surface area contributed by atoms with Gasteiger partial charge in [-0.15, -0.1) is 22.7 Å². The molecule has 0 spiro atoms. The Morgan fingerprint density at radius 2 is 0.926 bits per heavy atom. The van der Waals surface area contributed by atoms with Crippen molar-refractivity contribution in [2.75, 3.05) is 24.7 Å². The van der Waals surface area contributed by atoms with Crippen LogP contribution < -0.4 is 11.5 Å². The first-order valence-corrected chi connectivity index (χ1v) is 32.4. The Morgan fingerprint density at radius 1 is 0.574 bits per heavy atom. The number of nitrogen functional groups attached to an aromatic ring is 2. The summed E-state index contributed by atoms with van der Waals surface area (Å²) in [5.74, 6) is -2.42. The lowest BCUT2D eigenvalue weighted by Gasteiger charge is -2.30. The minimum Gasteiger partial charge on any atom is -0.479 e. The third kappa shape index (κ3) is 15.4. The number of nitrogens with two attached hydrogens (primary N) is 2. The van der Waals surface area contributed by atoms with Gasteiger partial charge in [0.2, 0.25) is 21.8 Å². The summed E-state index contributed by atoms with van der Waals surface area (Å²) in [5.41, 5.74) is 20.2. The van der Waals surface area contributed by atoms with E-state index in [9.17, 15) is 40.2 Å². The number of fused-ring (bicyclic) bond motifs is 2. The Bertz CT molecular complexity index is 4270. The fourth-order valence-corrected chi connectivity index (χ4v) is 12.1. The number of aliphatic hydroxyl groups excluding tert-OH is 4. The van der Waals surface area contributed by atoms with E-state index in [1.165, 1.54) is 55.5 Å². The summed E-state index contributed by atoms with van der Waals surface area (Å²) in [4.78, 5) is 58.7. The number of anilines is 2. The molecule has 12 N–H and O–H groups in total. The molecule has 2 aliphatic heterocycles. The average molecular weight is 1400 g/mol. The van der Waals surface area contributed by atoms with Crippen LogP contribution in [0.4, 0.5) is 11.6 Å². The number of nitrogens with one attached hydrogen (secondary N) is 2. The maximum absolute atomic E-state index is 12.9. The van der Waals surface area contributed by atoms with Gasteiger partial charge in [0.05, 0.1) is 48.3 Å². The minimum atomic E-state index is -2.61. The largest absolute Gasteiger partial charge is 0.479 e. The maximum Gasteiger partial charge on any atom is 0.342 e. The number of carbonyl (C=O) groups is 2. The van der Waals surface area contributed by atoms with Crippen molar-refractivity contribution >= 4 is 113 Å². The second-order valence-corrected chi connectivity index (χ2v) is 24.0. The predicted molar refractivity (Wildman–Crippen MR) is 340 cm³/mol. The number of carboxylic acids is 2. The molecule has 10 aromatic rings. The van der Waals surface area contributed by atoms with Gasteiger partial charge in [-0.05, 0) is 81.6 Å². The summed E-state index contributed by atoms with van der Waals surface area (Å²) in [6.07, 6.45) is -7.58. The molecule has 2 saturated heterocycles. The summed E-state index contributed by atoms with van der Waals surface area (Å²) in [6.45, 7) is 3.32. The van der Waals surface area contributed by atoms with Crippen LogP contribution >= 0.6 is 45.9 Å². The zero-order valence-corrected chi connectivity index (χ0v) is 53.7. The van der Waals surface area contributed by atoms with Crippen molar-refractivity contribution in [1.82, 2.24) is 49.0 Å². The lowest BCUT2D eigenvalue weighted by atomic mass is 9.90. The molecule has 8 heterocycles. The highest BCUT2D eigenvalue weighted by molar-refractivity contribution is 7.60. The number of carboxylic acid groups (broad SMARTS) is 2. The standard InChI is InChI=1S/2C29H27ClN6O6S.2HNO2S/c2*1-15-4-2-3-5-18(15)17-8-6-16(7-9-17)10-29(27(39)40,20-12-43-14-33-20)41-11-19-22(37)23(38)26(42-19)36-13-32-21-24(31)34-28(30)35-25(21)36;2*1-4(2)3/h2*2-9,12-14,19,22-23,26,37-38H,10-11H2,1H3,(H,39,40)(H2,31,34,35);2*1H/t19-,22-,23-,26-,29+;19-,22-,23-,26-,29-;;/m11../s1. The third-order valence-corrected chi connectivity index (χ3v) is 16.7. The highest BCUT2D eigenvalue weighted by atomic mass is 35.5. The second kappa shape index (κ2) is 30.1. The van der Waals surface area contributed by atoms with Crippen molar-refractivity contribution in [2.45, 2.75) is 87.0 Å². The number of aliphatic hydroxyl groups is 4. The second-order valence-electron chi connectivity index (χ2n) is 21.0. The first-order chi connectivity index (χ1) is 44.8. The maximum atomic E-state index is 12.9. The van der Waals surface area contributed by atoms with E-state index < -0.39 is 93.2 Å². The van der Waals surface area contributed by atoms with Gasteiger partial charge in [0.25, 0.3) is 0 Å². The molecule has 6 aromatic heterocycles. The molecule has 2 fully saturated rings. The Kier molecular flexibility index (Phi) is 22.3. The van der Waals surface area contributed by atoms with Crippen molar-refractivity contribution < 1.29 is 76.0 Å². The molecule has 2 aliphatic rings. The highest BCUT2D eigenvalue weighted by Gasteiger charge is 2.51. The topological polar surface area (TPSA) is 473 Å². The minimum absolute atomic E-state index is 0.0445. The SMILES string of the molecule is Cc1ccccc1-c1ccc(C[C@@](OC[C@H]2O[C@@H](n3cnc4c(N)nc(Cl)nc43)[C@H](O)[C@@H]2O)(C(=O)O)c2cscn2)cc1.Cc1ccccc1-c1ccc(C[C@](OC[C@H]2O[C@@H](n3cnc4c(N)nc(Cl)nc43)[C@H](O)[C@@H]2O)(C(=O)O)c2cscn2)cc1.N=S(=O)=O.N=S(=O)=O. The van der Waals surface area contributed by atoms with Crippen LogP contribution in [-0.2, 0) is 73.6 Å². The summed E-state index contributed by atoms with van der Waals surface area (Å²) in [6, 6.07) is 31.2. The van der Waals surface area contributed by atoms with E-state index in [-0.39, 0.29) is 82.0 Å². The fourth-order valence-electron chi connectivity index (χ4n) is 10.6. The van der Waals surface area contributed by atoms with Crippen LogP contribution in [0.1, 0.15) is 46.1 Å². The van der Waals surface area contributed by atoms with Crippen LogP contribution in [-0.4, -0.2) is 158 Å².